The lowest BCUT2D eigenvalue weighted by molar-refractivity contribution is -0.151. The second-order valence-corrected chi connectivity index (χ2v) is 9.57. The van der Waals surface area contributed by atoms with Crippen molar-refractivity contribution in [2.75, 3.05) is 0 Å². The highest BCUT2D eigenvalue weighted by atomic mass is 35.5. The highest BCUT2D eigenvalue weighted by molar-refractivity contribution is 6.30. The van der Waals surface area contributed by atoms with Gasteiger partial charge in [0.1, 0.15) is 18.0 Å². The molecule has 1 amide bonds. The summed E-state index contributed by atoms with van der Waals surface area (Å²) in [5.41, 5.74) is 15.2. The highest BCUT2D eigenvalue weighted by Crippen LogP contribution is 2.34. The van der Waals surface area contributed by atoms with Gasteiger partial charge in [-0.2, -0.15) is 5.21 Å². The van der Waals surface area contributed by atoms with E-state index in [1.165, 1.54) is 0 Å². The van der Waals surface area contributed by atoms with Crippen LogP contribution in [0.4, 0.5) is 0 Å². The molecular weight excluding hydrogens is 520 g/mol. The van der Waals surface area contributed by atoms with Crippen molar-refractivity contribution in [2.24, 2.45) is 11.5 Å². The first kappa shape index (κ1) is 27.9. The van der Waals surface area contributed by atoms with Crippen LogP contribution < -0.4 is 11.5 Å². The highest BCUT2D eigenvalue weighted by Gasteiger charge is 2.27. The number of nitrogens with one attached hydrogen (secondary N) is 2. The summed E-state index contributed by atoms with van der Waals surface area (Å²) in [4.78, 5) is 31.7. The van der Waals surface area contributed by atoms with E-state index in [9.17, 15) is 9.59 Å². The van der Waals surface area contributed by atoms with E-state index in [0.29, 0.717) is 23.8 Å². The van der Waals surface area contributed by atoms with Gasteiger partial charge < -0.3 is 21.2 Å². The third kappa shape index (κ3) is 7.27. The lowest BCUT2D eigenvalue weighted by Crippen LogP contribution is -2.34. The van der Waals surface area contributed by atoms with Crippen molar-refractivity contribution in [1.82, 2.24) is 30.6 Å². The average molecular weight is 551 g/mol. The monoisotopic (exact) mass is 550 g/mol. The normalized spacial score (nSPS) is 12.7. The lowest BCUT2D eigenvalue weighted by atomic mass is 9.95. The maximum atomic E-state index is 12.9. The lowest BCUT2D eigenvalue weighted by Gasteiger charge is -2.20. The van der Waals surface area contributed by atoms with Crippen LogP contribution in [-0.4, -0.2) is 48.5 Å². The van der Waals surface area contributed by atoms with E-state index in [1.54, 1.807) is 0 Å². The van der Waals surface area contributed by atoms with Crippen molar-refractivity contribution in [3.8, 4) is 22.5 Å². The number of ether oxygens (including phenoxy) is 1. The Balaban J connectivity index is 1.67. The molecule has 0 spiro atoms. The van der Waals surface area contributed by atoms with Crippen molar-refractivity contribution in [2.45, 2.75) is 57.6 Å². The standard InChI is InChI=1S/C27H31ClN8O3/c1-2-3-9-23-31-24(25(28)32-23)21(39-27(38)20(29)12-13-22(30)37)15-16-10-11-18(17-7-5-4-6-8-17)19(14-16)26-33-35-36-34-26/h4-8,10-11,14,20-21H,2-3,9,12-13,15,29H2,1H3,(H2,30,37)(H,31,32)(H,33,34,35,36)/t20-,21-/m0/s1. The number of hydrogen-bond donors (Lipinski definition) is 4. The average Bonchev–Trinajstić information content (AvgIpc) is 3.60. The Morgan fingerprint density at radius 3 is 2.62 bits per heavy atom. The molecule has 204 valence electrons. The minimum Gasteiger partial charge on any atom is -0.454 e. The van der Waals surface area contributed by atoms with E-state index in [0.717, 1.165) is 35.1 Å². The molecule has 0 bridgehead atoms. The maximum Gasteiger partial charge on any atom is 0.323 e. The number of tetrazole rings is 1. The number of primary amides is 1. The third-order valence-corrected chi connectivity index (χ3v) is 6.55. The second-order valence-electron chi connectivity index (χ2n) is 9.21. The molecule has 2 atom stereocenters. The Hall–Kier alpha value is -4.09. The largest absolute Gasteiger partial charge is 0.454 e. The number of nitrogens with zero attached hydrogens (tertiary/aromatic N) is 4. The summed E-state index contributed by atoms with van der Waals surface area (Å²) < 4.78 is 5.86. The van der Waals surface area contributed by atoms with Gasteiger partial charge in [0.2, 0.25) is 11.7 Å². The summed E-state index contributed by atoms with van der Waals surface area (Å²) in [5.74, 6) is -0.0669. The summed E-state index contributed by atoms with van der Waals surface area (Å²) in [6.45, 7) is 2.09. The fourth-order valence-corrected chi connectivity index (χ4v) is 4.47. The Morgan fingerprint density at radius 1 is 1.13 bits per heavy atom. The summed E-state index contributed by atoms with van der Waals surface area (Å²) >= 11 is 6.51. The number of benzene rings is 2. The topological polar surface area (TPSA) is 179 Å². The summed E-state index contributed by atoms with van der Waals surface area (Å²) in [6, 6.07) is 14.7. The van der Waals surface area contributed by atoms with Crippen molar-refractivity contribution < 1.29 is 14.3 Å². The molecule has 0 saturated heterocycles. The van der Waals surface area contributed by atoms with Crippen LogP contribution in [0.2, 0.25) is 5.15 Å². The molecule has 0 unspecified atom stereocenters. The molecule has 4 aromatic rings. The minimum absolute atomic E-state index is 0.0259. The number of aromatic nitrogens is 6. The smallest absolute Gasteiger partial charge is 0.323 e. The van der Waals surface area contributed by atoms with Crippen molar-refractivity contribution >= 4 is 23.5 Å². The van der Waals surface area contributed by atoms with Crippen LogP contribution in [0.3, 0.4) is 0 Å². The van der Waals surface area contributed by atoms with Crippen LogP contribution in [0.5, 0.6) is 0 Å². The number of hydrogen-bond acceptors (Lipinski definition) is 8. The molecule has 0 saturated carbocycles. The predicted molar refractivity (Wildman–Crippen MR) is 146 cm³/mol. The molecule has 2 aromatic carbocycles. The molecular formula is C27H31ClN8O3. The van der Waals surface area contributed by atoms with Crippen molar-refractivity contribution in [1.29, 1.82) is 0 Å². The molecule has 0 aliphatic heterocycles. The number of amides is 1. The first-order chi connectivity index (χ1) is 18.9. The van der Waals surface area contributed by atoms with E-state index in [1.807, 2.05) is 48.5 Å². The van der Waals surface area contributed by atoms with Gasteiger partial charge in [-0.1, -0.05) is 67.4 Å². The molecule has 0 fully saturated rings. The zero-order chi connectivity index (χ0) is 27.8. The van der Waals surface area contributed by atoms with Crippen LogP contribution >= 0.6 is 11.6 Å². The van der Waals surface area contributed by atoms with Gasteiger partial charge in [-0.15, -0.1) is 10.2 Å². The van der Waals surface area contributed by atoms with E-state index < -0.39 is 24.0 Å². The number of aromatic amines is 2. The Bertz CT molecular complexity index is 1390. The van der Waals surface area contributed by atoms with Crippen molar-refractivity contribution in [3.63, 3.8) is 0 Å². The molecule has 0 aliphatic rings. The molecule has 4 rings (SSSR count). The van der Waals surface area contributed by atoms with Gasteiger partial charge in [-0.3, -0.25) is 9.59 Å². The van der Waals surface area contributed by atoms with E-state index in [4.69, 9.17) is 27.8 Å². The quantitative estimate of drug-likeness (QED) is 0.182. The number of nitrogens with two attached hydrogens (primary N) is 2. The Morgan fingerprint density at radius 2 is 1.92 bits per heavy atom. The fraction of sp³-hybridized carbons (Fsp3) is 0.333. The van der Waals surface area contributed by atoms with Gasteiger partial charge >= 0.3 is 5.97 Å². The number of imidazole rings is 1. The summed E-state index contributed by atoms with van der Waals surface area (Å²) in [7, 11) is 0. The van der Waals surface area contributed by atoms with Crippen LogP contribution in [-0.2, 0) is 27.2 Å². The van der Waals surface area contributed by atoms with Gasteiger partial charge in [0.25, 0.3) is 0 Å². The minimum atomic E-state index is -1.02. The zero-order valence-corrected chi connectivity index (χ0v) is 22.3. The molecule has 0 aliphatic carbocycles. The van der Waals surface area contributed by atoms with Crippen LogP contribution in [0, 0.1) is 0 Å². The number of carbonyl (C=O) groups excluding carboxylic acids is 2. The SMILES string of the molecule is CCCCc1nc(Cl)c([C@H](Cc2ccc(-c3ccccc3)c(-c3nn[nH]n3)c2)OC(=O)[C@@H](N)CCC(N)=O)[nH]1. The molecule has 2 heterocycles. The zero-order valence-electron chi connectivity index (χ0n) is 21.6. The number of H-pyrrole nitrogens is 2. The number of halogens is 1. The maximum absolute atomic E-state index is 12.9. The van der Waals surface area contributed by atoms with Gasteiger partial charge in [0, 0.05) is 24.8 Å². The predicted octanol–water partition coefficient (Wildman–Crippen LogP) is 3.67. The van der Waals surface area contributed by atoms with Crippen LogP contribution in [0.15, 0.2) is 48.5 Å². The molecule has 39 heavy (non-hydrogen) atoms. The molecule has 2 aromatic heterocycles. The number of esters is 1. The number of unbranched alkanes of at least 4 members (excludes halogenated alkanes) is 1. The molecule has 6 N–H and O–H groups in total. The number of carbonyl (C=O) groups is 2. The van der Waals surface area contributed by atoms with Crippen LogP contribution in [0.1, 0.15) is 55.8 Å². The summed E-state index contributed by atoms with van der Waals surface area (Å²) in [5, 5.41) is 14.8. The first-order valence-corrected chi connectivity index (χ1v) is 13.1. The van der Waals surface area contributed by atoms with Gasteiger partial charge in [0.05, 0.1) is 5.69 Å². The summed E-state index contributed by atoms with van der Waals surface area (Å²) in [6.07, 6.45) is 2.14. The third-order valence-electron chi connectivity index (χ3n) is 6.26. The fourth-order valence-electron chi connectivity index (χ4n) is 4.20. The molecule has 0 radical (unpaired) electrons. The van der Waals surface area contributed by atoms with E-state index in [-0.39, 0.29) is 24.4 Å². The molecule has 11 nitrogen and oxygen atoms in total. The Labute approximate surface area is 230 Å². The van der Waals surface area contributed by atoms with Crippen molar-refractivity contribution in [3.05, 3.63) is 70.8 Å². The second kappa shape index (κ2) is 13.1. The van der Waals surface area contributed by atoms with E-state index >= 15 is 0 Å². The van der Waals surface area contributed by atoms with Gasteiger partial charge in [-0.05, 0) is 40.8 Å². The molecule has 12 heteroatoms. The Kier molecular flexibility index (Phi) is 9.40. The number of rotatable bonds is 13. The van der Waals surface area contributed by atoms with Gasteiger partial charge in [-0.25, -0.2) is 4.98 Å². The number of aryl methyl sites for hydroxylation is 1. The van der Waals surface area contributed by atoms with Crippen LogP contribution in [0.25, 0.3) is 22.5 Å². The van der Waals surface area contributed by atoms with E-state index in [2.05, 4.69) is 37.5 Å². The first-order valence-electron chi connectivity index (χ1n) is 12.8. The van der Waals surface area contributed by atoms with Gasteiger partial charge in [0.15, 0.2) is 5.15 Å².